The molecule has 4 amide bonds. The lowest BCUT2D eigenvalue weighted by molar-refractivity contribution is -0.135. The van der Waals surface area contributed by atoms with E-state index in [0.29, 0.717) is 16.8 Å². The second kappa shape index (κ2) is 8.62. The van der Waals surface area contributed by atoms with Gasteiger partial charge in [-0.3, -0.25) is 24.3 Å². The largest absolute Gasteiger partial charge is 0.334 e. The maximum Gasteiger partial charge on any atom is 0.319 e. The quantitative estimate of drug-likeness (QED) is 0.544. The van der Waals surface area contributed by atoms with E-state index in [4.69, 9.17) is 1.37 Å². The van der Waals surface area contributed by atoms with Crippen LogP contribution in [0.15, 0.2) is 47.3 Å². The van der Waals surface area contributed by atoms with E-state index >= 15 is 0 Å². The highest BCUT2D eigenvalue weighted by Gasteiger charge is 2.30. The van der Waals surface area contributed by atoms with Crippen LogP contribution in [0, 0.1) is 13.8 Å². The van der Waals surface area contributed by atoms with E-state index in [1.165, 1.54) is 0 Å². The van der Waals surface area contributed by atoms with E-state index in [9.17, 15) is 19.2 Å². The van der Waals surface area contributed by atoms with E-state index in [0.717, 1.165) is 10.1 Å². The number of urea groups is 1. The standard InChI is InChI=1S/C23H23N5O4/c1-13-4-3-5-16(10-13)26-23(32)24-12-15-6-7-18-17(11-15)22(31)28(14(2)25-18)19-8-9-20(29)27-21(19)30/h3-7,10-11,19H,8-9,12H2,1-2H3,(H2,24,26,32)(H,27,29,30)/t19-/m0/s1/i19D. The lowest BCUT2D eigenvalue weighted by Crippen LogP contribution is -2.45. The van der Waals surface area contributed by atoms with Crippen LogP contribution in [-0.4, -0.2) is 27.4 Å². The molecule has 3 aromatic rings. The molecule has 32 heavy (non-hydrogen) atoms. The zero-order valence-electron chi connectivity index (χ0n) is 18.7. The number of carbonyl (C=O) groups excluding carboxylic acids is 3. The van der Waals surface area contributed by atoms with Crippen molar-refractivity contribution in [3.8, 4) is 0 Å². The van der Waals surface area contributed by atoms with Gasteiger partial charge in [0.2, 0.25) is 11.8 Å². The third kappa shape index (κ3) is 4.36. The Morgan fingerprint density at radius 3 is 2.78 bits per heavy atom. The number of anilines is 1. The number of nitrogens with one attached hydrogen (secondary N) is 3. The second-order valence-electron chi connectivity index (χ2n) is 7.65. The molecule has 0 radical (unpaired) electrons. The molecule has 9 heteroatoms. The van der Waals surface area contributed by atoms with Gasteiger partial charge in [0.15, 0.2) is 0 Å². The lowest BCUT2D eigenvalue weighted by Gasteiger charge is -2.24. The molecule has 1 fully saturated rings. The van der Waals surface area contributed by atoms with Gasteiger partial charge in [0.05, 0.1) is 12.3 Å². The van der Waals surface area contributed by atoms with E-state index in [-0.39, 0.29) is 30.6 Å². The molecule has 0 bridgehead atoms. The number of piperidine rings is 1. The molecule has 1 atom stereocenters. The minimum atomic E-state index is -1.96. The summed E-state index contributed by atoms with van der Waals surface area (Å²) in [5.41, 5.74) is 2.20. The third-order valence-corrected chi connectivity index (χ3v) is 5.20. The van der Waals surface area contributed by atoms with Crippen LogP contribution >= 0.6 is 0 Å². The fraction of sp³-hybridized carbons (Fsp3) is 0.261. The van der Waals surface area contributed by atoms with Gasteiger partial charge in [-0.1, -0.05) is 18.2 Å². The molecule has 1 saturated heterocycles. The highest BCUT2D eigenvalue weighted by Crippen LogP contribution is 2.20. The maximum atomic E-state index is 13.3. The van der Waals surface area contributed by atoms with Crippen LogP contribution in [0.3, 0.4) is 0 Å². The first-order valence-electron chi connectivity index (χ1n) is 10.7. The van der Waals surface area contributed by atoms with E-state index in [1.54, 1.807) is 31.2 Å². The number of rotatable bonds is 4. The van der Waals surface area contributed by atoms with Gasteiger partial charge in [-0.15, -0.1) is 0 Å². The van der Waals surface area contributed by atoms with Crippen molar-refractivity contribution in [1.82, 2.24) is 20.2 Å². The predicted molar refractivity (Wildman–Crippen MR) is 119 cm³/mol. The van der Waals surface area contributed by atoms with Gasteiger partial charge >= 0.3 is 6.03 Å². The first-order chi connectivity index (χ1) is 15.7. The molecule has 9 nitrogen and oxygen atoms in total. The Labute approximate surface area is 185 Å². The van der Waals surface area contributed by atoms with Crippen LogP contribution in [0.1, 0.15) is 37.2 Å². The molecule has 2 aromatic carbocycles. The number of hydrogen-bond acceptors (Lipinski definition) is 5. The number of carbonyl (C=O) groups is 3. The Bertz CT molecular complexity index is 1350. The van der Waals surface area contributed by atoms with Crippen molar-refractivity contribution in [2.75, 3.05) is 5.32 Å². The Kier molecular flexibility index (Phi) is 5.37. The first-order valence-corrected chi connectivity index (χ1v) is 10.2. The summed E-state index contributed by atoms with van der Waals surface area (Å²) in [6.07, 6.45) is -0.162. The number of aryl methyl sites for hydroxylation is 2. The van der Waals surface area contributed by atoms with Gasteiger partial charge in [0, 0.05) is 18.7 Å². The van der Waals surface area contributed by atoms with Crippen molar-refractivity contribution in [2.45, 2.75) is 39.3 Å². The zero-order valence-corrected chi connectivity index (χ0v) is 17.7. The molecule has 4 rings (SSSR count). The highest BCUT2D eigenvalue weighted by molar-refractivity contribution is 5.99. The number of amides is 4. The molecule has 3 N–H and O–H groups in total. The lowest BCUT2D eigenvalue weighted by atomic mass is 10.0. The predicted octanol–water partition coefficient (Wildman–Crippen LogP) is 2.31. The van der Waals surface area contributed by atoms with Gasteiger partial charge in [0.1, 0.15) is 11.8 Å². The number of fused-ring (bicyclic) bond motifs is 1. The summed E-state index contributed by atoms with van der Waals surface area (Å²) >= 11 is 0. The molecule has 1 aromatic heterocycles. The van der Waals surface area contributed by atoms with Crippen molar-refractivity contribution >= 4 is 34.4 Å². The van der Waals surface area contributed by atoms with Crippen LogP contribution in [0.2, 0.25) is 0 Å². The second-order valence-corrected chi connectivity index (χ2v) is 7.65. The van der Waals surface area contributed by atoms with Gasteiger partial charge in [-0.25, -0.2) is 9.78 Å². The summed E-state index contributed by atoms with van der Waals surface area (Å²) in [5.74, 6) is -1.12. The smallest absolute Gasteiger partial charge is 0.319 e. The molecule has 1 aliphatic rings. The fourth-order valence-corrected chi connectivity index (χ4v) is 3.67. The molecule has 0 unspecified atom stereocenters. The molecule has 1 aliphatic heterocycles. The number of hydrogen-bond donors (Lipinski definition) is 3. The van der Waals surface area contributed by atoms with Crippen LogP contribution < -0.4 is 21.5 Å². The SMILES string of the molecule is [2H][C@]1(n2c(C)nc3ccc(CNC(=O)Nc4cccc(C)c4)cc3c2=O)CCC(=O)NC1=O. The molecular weight excluding hydrogens is 410 g/mol. The summed E-state index contributed by atoms with van der Waals surface area (Å²) < 4.78 is 9.65. The van der Waals surface area contributed by atoms with Gasteiger partial charge in [0.25, 0.3) is 5.56 Å². The van der Waals surface area contributed by atoms with E-state index in [1.807, 2.05) is 25.1 Å². The average Bonchev–Trinajstić information content (AvgIpc) is 2.75. The molecular formula is C23H23N5O4. The molecule has 0 spiro atoms. The number of aromatic nitrogens is 2. The van der Waals surface area contributed by atoms with Crippen LogP contribution in [0.4, 0.5) is 10.5 Å². The molecule has 2 heterocycles. The highest BCUT2D eigenvalue weighted by atomic mass is 16.2. The summed E-state index contributed by atoms with van der Waals surface area (Å²) in [7, 11) is 0. The van der Waals surface area contributed by atoms with Crippen molar-refractivity contribution in [3.05, 3.63) is 69.8 Å². The number of benzene rings is 2. The molecule has 0 aliphatic carbocycles. The van der Waals surface area contributed by atoms with Crippen molar-refractivity contribution < 1.29 is 15.8 Å². The minimum Gasteiger partial charge on any atom is -0.334 e. The Morgan fingerprint density at radius 1 is 1.22 bits per heavy atom. The van der Waals surface area contributed by atoms with Gasteiger partial charge < -0.3 is 10.6 Å². The third-order valence-electron chi connectivity index (χ3n) is 5.20. The normalized spacial score (nSPS) is 18.8. The summed E-state index contributed by atoms with van der Waals surface area (Å²) in [6, 6.07) is 10.0. The number of nitrogens with zero attached hydrogens (tertiary/aromatic N) is 2. The Balaban J connectivity index is 1.59. The number of imide groups is 1. The average molecular weight is 434 g/mol. The summed E-state index contributed by atoms with van der Waals surface area (Å²) in [6.45, 7) is 3.63. The van der Waals surface area contributed by atoms with Gasteiger partial charge in [-0.2, -0.15) is 0 Å². The monoisotopic (exact) mass is 434 g/mol. The minimum absolute atomic E-state index is 0.0425. The van der Waals surface area contributed by atoms with Crippen LogP contribution in [0.25, 0.3) is 10.9 Å². The summed E-state index contributed by atoms with van der Waals surface area (Å²) in [4.78, 5) is 53.9. The first kappa shape index (κ1) is 19.9. The topological polar surface area (TPSA) is 122 Å². The van der Waals surface area contributed by atoms with Crippen molar-refractivity contribution in [2.24, 2.45) is 0 Å². The fourth-order valence-electron chi connectivity index (χ4n) is 3.67. The Morgan fingerprint density at radius 2 is 2.03 bits per heavy atom. The zero-order chi connectivity index (χ0) is 23.8. The van der Waals surface area contributed by atoms with Crippen LogP contribution in [0.5, 0.6) is 0 Å². The van der Waals surface area contributed by atoms with E-state index in [2.05, 4.69) is 20.9 Å². The maximum absolute atomic E-state index is 13.3. The summed E-state index contributed by atoms with van der Waals surface area (Å²) in [5, 5.41) is 7.84. The van der Waals surface area contributed by atoms with Gasteiger partial charge in [-0.05, 0) is 55.7 Å². The van der Waals surface area contributed by atoms with Crippen molar-refractivity contribution in [3.63, 3.8) is 0 Å². The molecule has 0 saturated carbocycles. The Hall–Kier alpha value is -4.01. The van der Waals surface area contributed by atoms with Crippen LogP contribution in [-0.2, 0) is 16.1 Å². The molecule has 164 valence electrons. The van der Waals surface area contributed by atoms with E-state index < -0.39 is 29.4 Å². The van der Waals surface area contributed by atoms with Crippen molar-refractivity contribution in [1.29, 1.82) is 0 Å².